The van der Waals surface area contributed by atoms with Crippen molar-refractivity contribution in [1.82, 2.24) is 9.78 Å². The van der Waals surface area contributed by atoms with Crippen LogP contribution in [0.3, 0.4) is 0 Å². The van der Waals surface area contributed by atoms with E-state index in [0.717, 1.165) is 11.4 Å². The van der Waals surface area contributed by atoms with Gasteiger partial charge in [0.1, 0.15) is 5.75 Å². The molecule has 1 aromatic heterocycles. The Labute approximate surface area is 139 Å². The quantitative estimate of drug-likeness (QED) is 0.921. The van der Waals surface area contributed by atoms with Crippen LogP contribution >= 0.6 is 23.2 Å². The van der Waals surface area contributed by atoms with E-state index in [9.17, 15) is 4.79 Å². The molecule has 0 bridgehead atoms. The van der Waals surface area contributed by atoms with Gasteiger partial charge >= 0.3 is 0 Å². The number of hydrogen-bond donors (Lipinski definition) is 1. The summed E-state index contributed by atoms with van der Waals surface area (Å²) in [6.45, 7) is 5.38. The summed E-state index contributed by atoms with van der Waals surface area (Å²) in [6.07, 6.45) is -0.710. The van der Waals surface area contributed by atoms with Gasteiger partial charge in [-0.1, -0.05) is 23.2 Å². The average molecular weight is 342 g/mol. The van der Waals surface area contributed by atoms with Crippen molar-refractivity contribution < 1.29 is 9.53 Å². The minimum absolute atomic E-state index is 0.273. The fourth-order valence-electron chi connectivity index (χ4n) is 1.99. The smallest absolute Gasteiger partial charge is 0.265 e. The Morgan fingerprint density at radius 3 is 2.59 bits per heavy atom. The summed E-state index contributed by atoms with van der Waals surface area (Å²) < 4.78 is 7.31. The summed E-state index contributed by atoms with van der Waals surface area (Å²) in [4.78, 5) is 12.3. The number of halogens is 2. The van der Waals surface area contributed by atoms with Crippen LogP contribution < -0.4 is 10.1 Å². The maximum atomic E-state index is 12.3. The first kappa shape index (κ1) is 16.6. The molecule has 0 saturated heterocycles. The Kier molecular flexibility index (Phi) is 4.98. The van der Waals surface area contributed by atoms with Crippen LogP contribution in [-0.2, 0) is 11.8 Å². The molecular formula is C15H17Cl2N3O2. The van der Waals surface area contributed by atoms with E-state index in [1.807, 2.05) is 20.9 Å². The normalized spacial score (nSPS) is 12.1. The zero-order chi connectivity index (χ0) is 16.4. The number of carbonyl (C=O) groups excluding carboxylic acids is 1. The standard InChI is InChI=1S/C15H17Cl2N3O2/c1-8-14(9(2)20(4)19-8)18-15(21)10(3)22-13-6-5-11(16)7-12(13)17/h5-7,10H,1-4H3,(H,18,21). The van der Waals surface area contributed by atoms with Crippen molar-refractivity contribution in [2.75, 3.05) is 5.32 Å². The Balaban J connectivity index is 2.09. The Morgan fingerprint density at radius 2 is 2.05 bits per heavy atom. The van der Waals surface area contributed by atoms with Gasteiger partial charge in [0.2, 0.25) is 0 Å². The number of benzene rings is 1. The van der Waals surface area contributed by atoms with Crippen LogP contribution in [-0.4, -0.2) is 21.8 Å². The van der Waals surface area contributed by atoms with Crippen molar-refractivity contribution in [1.29, 1.82) is 0 Å². The minimum atomic E-state index is -0.710. The lowest BCUT2D eigenvalue weighted by atomic mass is 10.3. The van der Waals surface area contributed by atoms with E-state index in [-0.39, 0.29) is 5.91 Å². The molecular weight excluding hydrogens is 325 g/mol. The molecule has 0 spiro atoms. The highest BCUT2D eigenvalue weighted by Gasteiger charge is 2.19. The predicted octanol–water partition coefficient (Wildman–Crippen LogP) is 3.75. The SMILES string of the molecule is Cc1nn(C)c(C)c1NC(=O)C(C)Oc1ccc(Cl)cc1Cl. The number of carbonyl (C=O) groups is 1. The number of nitrogens with one attached hydrogen (secondary N) is 1. The number of rotatable bonds is 4. The summed E-state index contributed by atoms with van der Waals surface area (Å²) in [5.41, 5.74) is 2.33. The lowest BCUT2D eigenvalue weighted by Crippen LogP contribution is -2.30. The molecule has 22 heavy (non-hydrogen) atoms. The second-order valence-electron chi connectivity index (χ2n) is 4.99. The van der Waals surface area contributed by atoms with Crippen LogP contribution in [0.4, 0.5) is 5.69 Å². The van der Waals surface area contributed by atoms with Crippen LogP contribution in [0.2, 0.25) is 10.0 Å². The van der Waals surface area contributed by atoms with Gasteiger partial charge in [-0.2, -0.15) is 5.10 Å². The van der Waals surface area contributed by atoms with Crippen LogP contribution in [0.1, 0.15) is 18.3 Å². The number of aromatic nitrogens is 2. The molecule has 0 fully saturated rings. The molecule has 2 rings (SSSR count). The average Bonchev–Trinajstić information content (AvgIpc) is 2.68. The molecule has 1 heterocycles. The first-order chi connectivity index (χ1) is 10.3. The van der Waals surface area contributed by atoms with Crippen LogP contribution in [0.15, 0.2) is 18.2 Å². The third-order valence-electron chi connectivity index (χ3n) is 3.32. The summed E-state index contributed by atoms with van der Waals surface area (Å²) in [5.74, 6) is 0.138. The maximum absolute atomic E-state index is 12.3. The van der Waals surface area contributed by atoms with Crippen molar-refractivity contribution in [3.8, 4) is 5.75 Å². The van der Waals surface area contributed by atoms with E-state index < -0.39 is 6.10 Å². The van der Waals surface area contributed by atoms with Gasteiger partial charge < -0.3 is 10.1 Å². The number of amides is 1. The molecule has 1 N–H and O–H groups in total. The number of hydrogen-bond acceptors (Lipinski definition) is 3. The largest absolute Gasteiger partial charge is 0.479 e. The van der Waals surface area contributed by atoms with Gasteiger partial charge in [0, 0.05) is 12.1 Å². The molecule has 118 valence electrons. The lowest BCUT2D eigenvalue weighted by molar-refractivity contribution is -0.122. The van der Waals surface area contributed by atoms with Gasteiger partial charge in [-0.3, -0.25) is 9.48 Å². The zero-order valence-electron chi connectivity index (χ0n) is 12.8. The van der Waals surface area contributed by atoms with E-state index in [0.29, 0.717) is 21.5 Å². The van der Waals surface area contributed by atoms with Gasteiger partial charge in [0.05, 0.1) is 22.1 Å². The fraction of sp³-hybridized carbons (Fsp3) is 0.333. The predicted molar refractivity (Wildman–Crippen MR) is 87.9 cm³/mol. The summed E-state index contributed by atoms with van der Waals surface area (Å²) in [5, 5.41) is 7.96. The van der Waals surface area contributed by atoms with E-state index in [1.165, 1.54) is 0 Å². The second kappa shape index (κ2) is 6.58. The molecule has 0 radical (unpaired) electrons. The molecule has 7 heteroatoms. The van der Waals surface area contributed by atoms with Crippen molar-refractivity contribution in [3.63, 3.8) is 0 Å². The molecule has 0 aliphatic carbocycles. The highest BCUT2D eigenvalue weighted by Crippen LogP contribution is 2.28. The van der Waals surface area contributed by atoms with Crippen molar-refractivity contribution in [2.45, 2.75) is 26.9 Å². The van der Waals surface area contributed by atoms with Crippen LogP contribution in [0.25, 0.3) is 0 Å². The Hall–Kier alpha value is -1.72. The molecule has 5 nitrogen and oxygen atoms in total. The fourth-order valence-corrected chi connectivity index (χ4v) is 2.45. The highest BCUT2D eigenvalue weighted by molar-refractivity contribution is 6.35. The van der Waals surface area contributed by atoms with Crippen molar-refractivity contribution in [2.24, 2.45) is 7.05 Å². The number of anilines is 1. The third-order valence-corrected chi connectivity index (χ3v) is 3.85. The van der Waals surface area contributed by atoms with Gasteiger partial charge in [0.25, 0.3) is 5.91 Å². The highest BCUT2D eigenvalue weighted by atomic mass is 35.5. The molecule has 1 aromatic carbocycles. The number of nitrogens with zero attached hydrogens (tertiary/aromatic N) is 2. The monoisotopic (exact) mass is 341 g/mol. The van der Waals surface area contributed by atoms with Gasteiger partial charge in [-0.05, 0) is 39.0 Å². The van der Waals surface area contributed by atoms with Gasteiger partial charge in [-0.15, -0.1) is 0 Å². The second-order valence-corrected chi connectivity index (χ2v) is 5.84. The van der Waals surface area contributed by atoms with E-state index in [4.69, 9.17) is 27.9 Å². The van der Waals surface area contributed by atoms with Crippen molar-refractivity contribution >= 4 is 34.8 Å². The van der Waals surface area contributed by atoms with E-state index in [2.05, 4.69) is 10.4 Å². The number of ether oxygens (including phenoxy) is 1. The van der Waals surface area contributed by atoms with Crippen LogP contribution in [0.5, 0.6) is 5.75 Å². The molecule has 1 amide bonds. The Bertz CT molecular complexity index is 713. The number of aryl methyl sites for hydroxylation is 2. The Morgan fingerprint density at radius 1 is 1.36 bits per heavy atom. The molecule has 1 unspecified atom stereocenters. The summed E-state index contributed by atoms with van der Waals surface area (Å²) in [6, 6.07) is 4.86. The van der Waals surface area contributed by atoms with Gasteiger partial charge in [-0.25, -0.2) is 0 Å². The summed E-state index contributed by atoms with van der Waals surface area (Å²) >= 11 is 11.9. The zero-order valence-corrected chi connectivity index (χ0v) is 14.3. The van der Waals surface area contributed by atoms with E-state index >= 15 is 0 Å². The van der Waals surface area contributed by atoms with Crippen LogP contribution in [0, 0.1) is 13.8 Å². The first-order valence-electron chi connectivity index (χ1n) is 6.72. The van der Waals surface area contributed by atoms with E-state index in [1.54, 1.807) is 29.8 Å². The molecule has 0 aliphatic heterocycles. The third kappa shape index (κ3) is 3.54. The minimum Gasteiger partial charge on any atom is -0.479 e. The van der Waals surface area contributed by atoms with Gasteiger partial charge in [0.15, 0.2) is 6.10 Å². The molecule has 0 saturated carbocycles. The lowest BCUT2D eigenvalue weighted by Gasteiger charge is -2.16. The maximum Gasteiger partial charge on any atom is 0.265 e. The molecule has 2 aromatic rings. The molecule has 1 atom stereocenters. The summed E-state index contributed by atoms with van der Waals surface area (Å²) in [7, 11) is 1.82. The first-order valence-corrected chi connectivity index (χ1v) is 7.48. The topological polar surface area (TPSA) is 56.2 Å². The van der Waals surface area contributed by atoms with Crippen molar-refractivity contribution in [3.05, 3.63) is 39.6 Å². The molecule has 0 aliphatic rings.